The van der Waals surface area contributed by atoms with Gasteiger partial charge in [0.1, 0.15) is 6.61 Å². The number of carbonyl (C=O) groups is 2. The first kappa shape index (κ1) is 17.3. The fourth-order valence-corrected chi connectivity index (χ4v) is 3.19. The molecule has 6 heteroatoms. The molecule has 0 bridgehead atoms. The van der Waals surface area contributed by atoms with E-state index in [4.69, 9.17) is 16.3 Å². The van der Waals surface area contributed by atoms with E-state index in [0.717, 1.165) is 11.1 Å². The molecule has 1 fully saturated rings. The zero-order valence-corrected chi connectivity index (χ0v) is 14.2. The van der Waals surface area contributed by atoms with Crippen molar-refractivity contribution in [1.82, 2.24) is 4.90 Å². The SMILES string of the molecule is O=C(O)[C@H]1CN(C(=O)OCc2ccccc2)C[C@@H]1c1ccc(Cl)cc1. The van der Waals surface area contributed by atoms with Crippen LogP contribution >= 0.6 is 11.6 Å². The second-order valence-corrected chi connectivity index (χ2v) is 6.48. The Morgan fingerprint density at radius 2 is 1.76 bits per heavy atom. The first-order chi connectivity index (χ1) is 12.0. The van der Waals surface area contributed by atoms with Crippen molar-refractivity contribution in [3.05, 3.63) is 70.7 Å². The van der Waals surface area contributed by atoms with E-state index < -0.39 is 18.0 Å². The summed E-state index contributed by atoms with van der Waals surface area (Å²) < 4.78 is 5.32. The third kappa shape index (κ3) is 4.12. The van der Waals surface area contributed by atoms with Crippen LogP contribution in [0, 0.1) is 5.92 Å². The summed E-state index contributed by atoms with van der Waals surface area (Å²) in [5.74, 6) is -1.86. The highest BCUT2D eigenvalue weighted by Crippen LogP contribution is 2.33. The molecule has 0 saturated carbocycles. The number of aliphatic carboxylic acids is 1. The summed E-state index contributed by atoms with van der Waals surface area (Å²) in [4.78, 5) is 25.4. The molecule has 2 atom stereocenters. The van der Waals surface area contributed by atoms with Crippen molar-refractivity contribution < 1.29 is 19.4 Å². The molecule has 1 N–H and O–H groups in total. The van der Waals surface area contributed by atoms with Crippen molar-refractivity contribution in [3.63, 3.8) is 0 Å². The highest BCUT2D eigenvalue weighted by atomic mass is 35.5. The number of carboxylic acids is 1. The maximum Gasteiger partial charge on any atom is 0.410 e. The molecular formula is C19H18ClNO4. The molecule has 1 amide bonds. The maximum absolute atomic E-state index is 12.3. The van der Waals surface area contributed by atoms with Gasteiger partial charge in [-0.15, -0.1) is 0 Å². The Hall–Kier alpha value is -2.53. The van der Waals surface area contributed by atoms with Crippen LogP contribution in [0.15, 0.2) is 54.6 Å². The van der Waals surface area contributed by atoms with E-state index in [1.807, 2.05) is 42.5 Å². The Labute approximate surface area is 150 Å². The van der Waals surface area contributed by atoms with Gasteiger partial charge in [-0.2, -0.15) is 0 Å². The Kier molecular flexibility index (Phi) is 5.24. The smallest absolute Gasteiger partial charge is 0.410 e. The summed E-state index contributed by atoms with van der Waals surface area (Å²) in [6.45, 7) is 0.613. The number of rotatable bonds is 4. The monoisotopic (exact) mass is 359 g/mol. The number of carboxylic acid groups (broad SMARTS) is 1. The fraction of sp³-hybridized carbons (Fsp3) is 0.263. The van der Waals surface area contributed by atoms with Crippen molar-refractivity contribution in [2.45, 2.75) is 12.5 Å². The van der Waals surface area contributed by atoms with Crippen LogP contribution in [0.3, 0.4) is 0 Å². The Morgan fingerprint density at radius 3 is 2.40 bits per heavy atom. The summed E-state index contributed by atoms with van der Waals surface area (Å²) in [7, 11) is 0. The van der Waals surface area contributed by atoms with Crippen molar-refractivity contribution in [1.29, 1.82) is 0 Å². The van der Waals surface area contributed by atoms with Crippen LogP contribution in [0.1, 0.15) is 17.0 Å². The molecule has 3 rings (SSSR count). The highest BCUT2D eigenvalue weighted by Gasteiger charge is 2.41. The molecule has 130 valence electrons. The van der Waals surface area contributed by atoms with Crippen LogP contribution < -0.4 is 0 Å². The number of nitrogens with zero attached hydrogens (tertiary/aromatic N) is 1. The number of benzene rings is 2. The molecule has 1 heterocycles. The van der Waals surface area contributed by atoms with Gasteiger partial charge < -0.3 is 14.7 Å². The Morgan fingerprint density at radius 1 is 1.08 bits per heavy atom. The van der Waals surface area contributed by atoms with E-state index in [2.05, 4.69) is 0 Å². The molecule has 25 heavy (non-hydrogen) atoms. The minimum absolute atomic E-state index is 0.135. The van der Waals surface area contributed by atoms with Crippen LogP contribution in [0.2, 0.25) is 5.02 Å². The number of carbonyl (C=O) groups excluding carboxylic acids is 1. The average molecular weight is 360 g/mol. The molecule has 2 aromatic carbocycles. The van der Waals surface area contributed by atoms with E-state index in [0.29, 0.717) is 11.6 Å². The molecule has 1 aliphatic rings. The third-order valence-corrected chi connectivity index (χ3v) is 4.65. The largest absolute Gasteiger partial charge is 0.481 e. The lowest BCUT2D eigenvalue weighted by molar-refractivity contribution is -0.141. The zero-order chi connectivity index (χ0) is 17.8. The second-order valence-electron chi connectivity index (χ2n) is 6.05. The fourth-order valence-electron chi connectivity index (χ4n) is 3.06. The minimum atomic E-state index is -0.918. The lowest BCUT2D eigenvalue weighted by Crippen LogP contribution is -2.30. The van der Waals surface area contributed by atoms with Crippen molar-refractivity contribution in [3.8, 4) is 0 Å². The van der Waals surface area contributed by atoms with E-state index in [1.54, 1.807) is 12.1 Å². The van der Waals surface area contributed by atoms with Crippen LogP contribution in [0.5, 0.6) is 0 Å². The number of ether oxygens (including phenoxy) is 1. The topological polar surface area (TPSA) is 66.8 Å². The minimum Gasteiger partial charge on any atom is -0.481 e. The van der Waals surface area contributed by atoms with Gasteiger partial charge in [0.15, 0.2) is 0 Å². The summed E-state index contributed by atoms with van der Waals surface area (Å²) in [5.41, 5.74) is 1.74. The molecule has 0 aromatic heterocycles. The highest BCUT2D eigenvalue weighted by molar-refractivity contribution is 6.30. The van der Waals surface area contributed by atoms with Gasteiger partial charge in [-0.25, -0.2) is 4.79 Å². The predicted octanol–water partition coefficient (Wildman–Crippen LogP) is 3.78. The molecule has 0 radical (unpaired) electrons. The lowest BCUT2D eigenvalue weighted by Gasteiger charge is -2.16. The average Bonchev–Trinajstić information content (AvgIpc) is 3.07. The van der Waals surface area contributed by atoms with E-state index in [9.17, 15) is 14.7 Å². The van der Waals surface area contributed by atoms with Crippen LogP contribution in [-0.4, -0.2) is 35.2 Å². The summed E-state index contributed by atoms with van der Waals surface area (Å²) in [6.07, 6.45) is -0.494. The molecule has 5 nitrogen and oxygen atoms in total. The molecule has 1 saturated heterocycles. The molecule has 0 aliphatic carbocycles. The standard InChI is InChI=1S/C19H18ClNO4/c20-15-8-6-14(7-9-15)16-10-21(11-17(16)18(22)23)19(24)25-12-13-4-2-1-3-5-13/h1-9,16-17H,10-12H2,(H,22,23)/t16-,17+/m1/s1. The molecule has 0 spiro atoms. The van der Waals surface area contributed by atoms with Gasteiger partial charge >= 0.3 is 12.1 Å². The zero-order valence-electron chi connectivity index (χ0n) is 13.5. The first-order valence-corrected chi connectivity index (χ1v) is 8.36. The van der Waals surface area contributed by atoms with Crippen molar-refractivity contribution in [2.75, 3.05) is 13.1 Å². The van der Waals surface area contributed by atoms with Crippen molar-refractivity contribution in [2.24, 2.45) is 5.92 Å². The van der Waals surface area contributed by atoms with Gasteiger partial charge in [0, 0.05) is 24.0 Å². The molecular weight excluding hydrogens is 342 g/mol. The summed E-state index contributed by atoms with van der Waals surface area (Å²) >= 11 is 5.90. The van der Waals surface area contributed by atoms with E-state index in [-0.39, 0.29) is 19.1 Å². The van der Waals surface area contributed by atoms with Gasteiger partial charge in [-0.1, -0.05) is 54.1 Å². The number of halogens is 1. The third-order valence-electron chi connectivity index (χ3n) is 4.40. The number of amides is 1. The summed E-state index contributed by atoms with van der Waals surface area (Å²) in [5, 5.41) is 10.1. The van der Waals surface area contributed by atoms with Gasteiger partial charge in [-0.05, 0) is 23.3 Å². The van der Waals surface area contributed by atoms with E-state index >= 15 is 0 Å². The predicted molar refractivity (Wildman–Crippen MR) is 93.5 cm³/mol. The normalized spacial score (nSPS) is 19.6. The quantitative estimate of drug-likeness (QED) is 0.902. The van der Waals surface area contributed by atoms with Crippen LogP contribution in [0.4, 0.5) is 4.79 Å². The Bertz CT molecular complexity index is 748. The van der Waals surface area contributed by atoms with Gasteiger partial charge in [0.25, 0.3) is 0 Å². The lowest BCUT2D eigenvalue weighted by atomic mass is 9.89. The van der Waals surface area contributed by atoms with Crippen LogP contribution in [0.25, 0.3) is 0 Å². The molecule has 0 unspecified atom stereocenters. The van der Waals surface area contributed by atoms with Gasteiger partial charge in [0.05, 0.1) is 5.92 Å². The maximum atomic E-state index is 12.3. The molecule has 2 aromatic rings. The van der Waals surface area contributed by atoms with E-state index in [1.165, 1.54) is 4.90 Å². The van der Waals surface area contributed by atoms with Gasteiger partial charge in [0.2, 0.25) is 0 Å². The Balaban J connectivity index is 1.68. The second kappa shape index (κ2) is 7.57. The molecule has 1 aliphatic heterocycles. The van der Waals surface area contributed by atoms with Gasteiger partial charge in [-0.3, -0.25) is 4.79 Å². The van der Waals surface area contributed by atoms with Crippen LogP contribution in [-0.2, 0) is 16.1 Å². The number of hydrogen-bond donors (Lipinski definition) is 1. The first-order valence-electron chi connectivity index (χ1n) is 7.98. The summed E-state index contributed by atoms with van der Waals surface area (Å²) in [6, 6.07) is 16.4. The number of hydrogen-bond acceptors (Lipinski definition) is 3. The van der Waals surface area contributed by atoms with Crippen molar-refractivity contribution >= 4 is 23.7 Å². The number of likely N-dealkylation sites (tertiary alicyclic amines) is 1.